The number of hydrogen-bond acceptors (Lipinski definition) is 5. The maximum atomic E-state index is 14.1. The summed E-state index contributed by atoms with van der Waals surface area (Å²) in [6.07, 6.45) is 2.43. The van der Waals surface area contributed by atoms with Gasteiger partial charge >= 0.3 is 0 Å². The largest absolute Gasteiger partial charge is 0.483 e. The molecule has 0 radical (unpaired) electrons. The van der Waals surface area contributed by atoms with Gasteiger partial charge in [0.15, 0.2) is 11.5 Å². The van der Waals surface area contributed by atoms with Crippen molar-refractivity contribution < 1.29 is 23.5 Å². The quantitative estimate of drug-likeness (QED) is 0.456. The molecule has 0 aromatic heterocycles. The molecule has 1 aliphatic carbocycles. The van der Waals surface area contributed by atoms with Gasteiger partial charge in [0.05, 0.1) is 23.6 Å². The van der Waals surface area contributed by atoms with Crippen molar-refractivity contribution in [1.82, 2.24) is 4.90 Å². The maximum absolute atomic E-state index is 14.1. The third-order valence-electron chi connectivity index (χ3n) is 6.31. The van der Waals surface area contributed by atoms with Crippen LogP contribution in [0.2, 0.25) is 0 Å². The summed E-state index contributed by atoms with van der Waals surface area (Å²) in [4.78, 5) is 29.7. The number of rotatable bonds is 7. The van der Waals surface area contributed by atoms with Crippen LogP contribution in [-0.2, 0) is 19.1 Å². The van der Waals surface area contributed by atoms with E-state index >= 15 is 0 Å². The van der Waals surface area contributed by atoms with E-state index in [-0.39, 0.29) is 30.0 Å². The number of alkyl halides is 1. The van der Waals surface area contributed by atoms with Crippen LogP contribution in [0.25, 0.3) is 0 Å². The van der Waals surface area contributed by atoms with Gasteiger partial charge in [-0.05, 0) is 63.5 Å². The number of benzene rings is 1. The van der Waals surface area contributed by atoms with Crippen LogP contribution in [-0.4, -0.2) is 54.4 Å². The topological polar surface area (TPSA) is 55.8 Å². The van der Waals surface area contributed by atoms with Crippen LogP contribution in [0.3, 0.4) is 0 Å². The molecule has 1 aromatic carbocycles. The Balaban J connectivity index is 1.65. The van der Waals surface area contributed by atoms with Crippen molar-refractivity contribution in [2.24, 2.45) is 5.92 Å². The van der Waals surface area contributed by atoms with E-state index in [4.69, 9.17) is 9.47 Å². The zero-order valence-electron chi connectivity index (χ0n) is 18.3. The lowest BCUT2D eigenvalue weighted by Gasteiger charge is -2.36. The van der Waals surface area contributed by atoms with E-state index in [1.54, 1.807) is 16.7 Å². The molecule has 1 fully saturated rings. The predicted molar refractivity (Wildman–Crippen MR) is 118 cm³/mol. The maximum Gasteiger partial charge on any atom is 0.290 e. The van der Waals surface area contributed by atoms with Gasteiger partial charge in [-0.1, -0.05) is 12.1 Å². The Morgan fingerprint density at radius 2 is 1.97 bits per heavy atom. The van der Waals surface area contributed by atoms with E-state index in [0.717, 1.165) is 10.5 Å². The van der Waals surface area contributed by atoms with Gasteiger partial charge in [-0.2, -0.15) is 0 Å². The third kappa shape index (κ3) is 4.40. The molecule has 168 valence electrons. The monoisotopic (exact) mass is 447 g/mol. The van der Waals surface area contributed by atoms with E-state index in [1.165, 1.54) is 0 Å². The zero-order chi connectivity index (χ0) is 22.1. The highest BCUT2D eigenvalue weighted by atomic mass is 32.2. The number of carbonyl (C=O) groups excluding carboxylic acids is 2. The molecule has 0 bridgehead atoms. The molecule has 4 atom stereocenters. The zero-order valence-corrected chi connectivity index (χ0v) is 19.1. The summed E-state index contributed by atoms with van der Waals surface area (Å²) >= 11 is 1.64. The number of hydrogen-bond donors (Lipinski definition) is 0. The lowest BCUT2D eigenvalue weighted by molar-refractivity contribution is -0.136. The fourth-order valence-corrected chi connectivity index (χ4v) is 5.19. The number of thioether (sulfide) groups is 1. The third-order valence-corrected chi connectivity index (χ3v) is 7.05. The molecule has 1 aromatic rings. The molecule has 0 saturated heterocycles. The van der Waals surface area contributed by atoms with Crippen LogP contribution in [0.15, 0.2) is 40.5 Å². The van der Waals surface area contributed by atoms with Crippen molar-refractivity contribution in [2.45, 2.75) is 68.8 Å². The second-order valence-corrected chi connectivity index (χ2v) is 9.61. The summed E-state index contributed by atoms with van der Waals surface area (Å²) in [5, 5.41) is 0. The molecule has 2 aliphatic heterocycles. The van der Waals surface area contributed by atoms with Crippen LogP contribution in [0, 0.1) is 5.92 Å². The Labute approximate surface area is 187 Å². The van der Waals surface area contributed by atoms with Crippen molar-refractivity contribution in [3.8, 4) is 0 Å². The van der Waals surface area contributed by atoms with Gasteiger partial charge in [0.25, 0.3) is 5.91 Å². The first-order valence-electron chi connectivity index (χ1n) is 11.1. The summed E-state index contributed by atoms with van der Waals surface area (Å²) in [5.74, 6) is -0.700. The van der Waals surface area contributed by atoms with Crippen molar-refractivity contribution in [3.63, 3.8) is 0 Å². The van der Waals surface area contributed by atoms with Crippen LogP contribution < -0.4 is 0 Å². The molecule has 3 aliphatic rings. The summed E-state index contributed by atoms with van der Waals surface area (Å²) in [5.41, 5.74) is 1.28. The van der Waals surface area contributed by atoms with E-state index < -0.39 is 24.2 Å². The minimum absolute atomic E-state index is 0.122. The molecule has 7 heteroatoms. The van der Waals surface area contributed by atoms with Gasteiger partial charge in [0.1, 0.15) is 12.3 Å². The number of Topliss-reactive ketones (excluding diaryl/α,β-unsaturated/α-hetero) is 1. The molecule has 5 nitrogen and oxygen atoms in total. The normalized spacial score (nSPS) is 28.1. The average molecular weight is 448 g/mol. The summed E-state index contributed by atoms with van der Waals surface area (Å²) in [6.45, 7) is 4.95. The number of amides is 1. The summed E-state index contributed by atoms with van der Waals surface area (Å²) in [7, 11) is 0. The van der Waals surface area contributed by atoms with Crippen molar-refractivity contribution in [1.29, 1.82) is 0 Å². The first-order chi connectivity index (χ1) is 14.9. The molecule has 0 spiro atoms. The van der Waals surface area contributed by atoms with E-state index in [9.17, 15) is 14.0 Å². The Kier molecular flexibility index (Phi) is 6.72. The molecule has 4 rings (SSSR count). The van der Waals surface area contributed by atoms with Crippen LogP contribution in [0.1, 0.15) is 51.1 Å². The average Bonchev–Trinajstić information content (AvgIpc) is 3.04. The van der Waals surface area contributed by atoms with Gasteiger partial charge in [0.2, 0.25) is 0 Å². The van der Waals surface area contributed by atoms with Crippen molar-refractivity contribution in [2.75, 3.05) is 19.4 Å². The van der Waals surface area contributed by atoms with Gasteiger partial charge < -0.3 is 14.4 Å². The number of nitrogens with zero attached hydrogens (tertiary/aromatic N) is 1. The number of halogens is 1. The van der Waals surface area contributed by atoms with Crippen LogP contribution in [0.4, 0.5) is 4.39 Å². The highest BCUT2D eigenvalue weighted by molar-refractivity contribution is 7.98. The number of ether oxygens (including phenoxy) is 2. The number of fused-ring (bicyclic) bond motifs is 1. The van der Waals surface area contributed by atoms with E-state index in [0.29, 0.717) is 38.0 Å². The minimum Gasteiger partial charge on any atom is -0.483 e. The molecule has 31 heavy (non-hydrogen) atoms. The number of carbonyl (C=O) groups is 2. The summed E-state index contributed by atoms with van der Waals surface area (Å²) < 4.78 is 25.8. The Morgan fingerprint density at radius 3 is 2.65 bits per heavy atom. The van der Waals surface area contributed by atoms with Crippen molar-refractivity contribution in [3.05, 3.63) is 41.2 Å². The van der Waals surface area contributed by atoms with E-state index in [1.807, 2.05) is 44.4 Å². The lowest BCUT2D eigenvalue weighted by atomic mass is 9.77. The highest BCUT2D eigenvalue weighted by Gasteiger charge is 2.52. The van der Waals surface area contributed by atoms with Gasteiger partial charge in [0, 0.05) is 18.0 Å². The molecular formula is C24H30FNO4S. The molecule has 0 N–H and O–H groups in total. The fraction of sp³-hybridized carbons (Fsp3) is 0.583. The molecule has 1 saturated carbocycles. The summed E-state index contributed by atoms with van der Waals surface area (Å²) in [6, 6.07) is 7.44. The van der Waals surface area contributed by atoms with Crippen LogP contribution >= 0.6 is 11.8 Å². The highest BCUT2D eigenvalue weighted by Crippen LogP contribution is 2.47. The van der Waals surface area contributed by atoms with Gasteiger partial charge in [-0.25, -0.2) is 4.39 Å². The Morgan fingerprint density at radius 1 is 1.23 bits per heavy atom. The predicted octanol–water partition coefficient (Wildman–Crippen LogP) is 4.47. The standard InChI is InChI=1S/C24H30FNO4S/c1-14(2)29-12-4-11-26-21(15-5-8-17(31-3)9-6-15)20-22(27)18-13-16(25)7-10-19(18)30-23(20)24(26)28/h5-6,8-9,14,16,18-19,21H,4,7,10-13H2,1-3H3. The minimum atomic E-state index is -0.989. The lowest BCUT2D eigenvalue weighted by Crippen LogP contribution is -2.42. The Bertz CT molecular complexity index is 869. The molecule has 4 unspecified atom stereocenters. The number of ketones is 1. The molecular weight excluding hydrogens is 417 g/mol. The second kappa shape index (κ2) is 9.33. The SMILES string of the molecule is CSc1ccc(C2C3=C(OC4CCC(F)CC4C3=O)C(=O)N2CCCOC(C)C)cc1. The smallest absolute Gasteiger partial charge is 0.290 e. The Hall–Kier alpha value is -1.86. The molecule has 2 heterocycles. The first kappa shape index (κ1) is 22.3. The first-order valence-corrected chi connectivity index (χ1v) is 12.3. The fourth-order valence-electron chi connectivity index (χ4n) is 4.78. The van der Waals surface area contributed by atoms with Gasteiger partial charge in [-0.3, -0.25) is 9.59 Å². The van der Waals surface area contributed by atoms with Crippen molar-refractivity contribution >= 4 is 23.5 Å². The second-order valence-electron chi connectivity index (χ2n) is 8.73. The van der Waals surface area contributed by atoms with Crippen LogP contribution in [0.5, 0.6) is 0 Å². The van der Waals surface area contributed by atoms with E-state index in [2.05, 4.69) is 0 Å². The molecule has 1 amide bonds. The van der Waals surface area contributed by atoms with Gasteiger partial charge in [-0.15, -0.1) is 11.8 Å².